The molecule has 6 heteroatoms. The Morgan fingerprint density at radius 1 is 0.389 bits per heavy atom. The Bertz CT molecular complexity index is 1210. The lowest BCUT2D eigenvalue weighted by atomic mass is 9.92. The summed E-state index contributed by atoms with van der Waals surface area (Å²) in [6.07, 6.45) is 0. The second kappa shape index (κ2) is 10.7. The van der Waals surface area contributed by atoms with Crippen LogP contribution in [-0.2, 0) is 14.2 Å². The van der Waals surface area contributed by atoms with E-state index in [4.69, 9.17) is 14.2 Å². The average molecular weight is 481 g/mol. The highest BCUT2D eigenvalue weighted by atomic mass is 16.5. The highest BCUT2D eigenvalue weighted by molar-refractivity contribution is 5.92. The summed E-state index contributed by atoms with van der Waals surface area (Å²) < 4.78 is 14.4. The fourth-order valence-corrected chi connectivity index (χ4v) is 3.88. The Morgan fingerprint density at radius 2 is 0.611 bits per heavy atom. The quantitative estimate of drug-likeness (QED) is 0.247. The van der Waals surface area contributed by atoms with E-state index in [-0.39, 0.29) is 0 Å². The molecule has 0 aromatic heterocycles. The lowest BCUT2D eigenvalue weighted by Gasteiger charge is -2.12. The van der Waals surface area contributed by atoms with Gasteiger partial charge in [-0.3, -0.25) is 0 Å². The van der Waals surface area contributed by atoms with Gasteiger partial charge in [0.15, 0.2) is 0 Å². The molecule has 4 aromatic carbocycles. The molecule has 0 saturated carbocycles. The molecule has 4 aromatic rings. The predicted molar refractivity (Wildman–Crippen MR) is 137 cm³/mol. The molecule has 0 aliphatic rings. The highest BCUT2D eigenvalue weighted by Gasteiger charge is 2.12. The first kappa shape index (κ1) is 24.4. The minimum atomic E-state index is -0.396. The Hall–Kier alpha value is -4.71. The van der Waals surface area contributed by atoms with Crippen molar-refractivity contribution in [3.05, 3.63) is 108 Å². The van der Waals surface area contributed by atoms with E-state index in [9.17, 15) is 14.4 Å². The van der Waals surface area contributed by atoms with Crippen molar-refractivity contribution in [1.82, 2.24) is 0 Å². The highest BCUT2D eigenvalue weighted by Crippen LogP contribution is 2.33. The van der Waals surface area contributed by atoms with Crippen LogP contribution in [0.3, 0.4) is 0 Å². The van der Waals surface area contributed by atoms with Crippen LogP contribution in [0.15, 0.2) is 91.0 Å². The standard InChI is InChI=1S/C30H24O6/c1-34-28(31)22-10-4-19(5-11-22)25-16-26(20-6-12-23(13-7-20)29(32)35-2)18-27(17-25)21-8-14-24(15-9-21)30(33)36-3/h4-18H,1-3H3. The molecule has 0 bridgehead atoms. The number of esters is 3. The van der Waals surface area contributed by atoms with Gasteiger partial charge < -0.3 is 14.2 Å². The van der Waals surface area contributed by atoms with E-state index < -0.39 is 17.9 Å². The lowest BCUT2D eigenvalue weighted by molar-refractivity contribution is 0.0592. The Morgan fingerprint density at radius 3 is 0.806 bits per heavy atom. The molecular formula is C30H24O6. The Kier molecular flexibility index (Phi) is 7.25. The molecule has 0 N–H and O–H groups in total. The summed E-state index contributed by atoms with van der Waals surface area (Å²) >= 11 is 0. The van der Waals surface area contributed by atoms with Gasteiger partial charge in [0.2, 0.25) is 0 Å². The molecule has 0 radical (unpaired) electrons. The molecular weight excluding hydrogens is 456 g/mol. The van der Waals surface area contributed by atoms with Gasteiger partial charge in [0, 0.05) is 0 Å². The summed E-state index contributed by atoms with van der Waals surface area (Å²) in [5.41, 5.74) is 6.97. The fraction of sp³-hybridized carbons (Fsp3) is 0.100. The van der Waals surface area contributed by atoms with Crippen LogP contribution in [-0.4, -0.2) is 39.2 Å². The van der Waals surface area contributed by atoms with E-state index in [1.54, 1.807) is 36.4 Å². The third kappa shape index (κ3) is 5.18. The number of hydrogen-bond donors (Lipinski definition) is 0. The van der Waals surface area contributed by atoms with Gasteiger partial charge in [0.05, 0.1) is 38.0 Å². The summed E-state index contributed by atoms with van der Waals surface area (Å²) in [4.78, 5) is 35.5. The smallest absolute Gasteiger partial charge is 0.337 e. The van der Waals surface area contributed by atoms with Crippen LogP contribution in [0, 0.1) is 0 Å². The molecule has 180 valence electrons. The van der Waals surface area contributed by atoms with E-state index in [0.717, 1.165) is 33.4 Å². The number of benzene rings is 4. The van der Waals surface area contributed by atoms with Gasteiger partial charge in [-0.05, 0) is 88.0 Å². The number of methoxy groups -OCH3 is 3. The first-order chi connectivity index (χ1) is 17.4. The van der Waals surface area contributed by atoms with Crippen molar-refractivity contribution in [1.29, 1.82) is 0 Å². The van der Waals surface area contributed by atoms with E-state index >= 15 is 0 Å². The predicted octanol–water partition coefficient (Wildman–Crippen LogP) is 6.05. The van der Waals surface area contributed by atoms with Gasteiger partial charge >= 0.3 is 17.9 Å². The zero-order chi connectivity index (χ0) is 25.7. The molecule has 0 spiro atoms. The van der Waals surface area contributed by atoms with E-state index in [2.05, 4.69) is 0 Å². The normalized spacial score (nSPS) is 10.4. The summed E-state index contributed by atoms with van der Waals surface area (Å²) in [7, 11) is 4.05. The minimum Gasteiger partial charge on any atom is -0.465 e. The van der Waals surface area contributed by atoms with E-state index in [0.29, 0.717) is 16.7 Å². The molecule has 0 heterocycles. The lowest BCUT2D eigenvalue weighted by Crippen LogP contribution is -2.00. The minimum absolute atomic E-state index is 0.396. The largest absolute Gasteiger partial charge is 0.465 e. The Labute approximate surface area is 209 Å². The van der Waals surface area contributed by atoms with Crippen LogP contribution in [0.2, 0.25) is 0 Å². The zero-order valence-electron chi connectivity index (χ0n) is 20.1. The zero-order valence-corrected chi connectivity index (χ0v) is 20.1. The second-order valence-corrected chi connectivity index (χ2v) is 8.01. The van der Waals surface area contributed by atoms with Crippen LogP contribution in [0.25, 0.3) is 33.4 Å². The monoisotopic (exact) mass is 480 g/mol. The molecule has 0 fully saturated rings. The van der Waals surface area contributed by atoms with E-state index in [1.807, 2.05) is 54.6 Å². The van der Waals surface area contributed by atoms with E-state index in [1.165, 1.54) is 21.3 Å². The molecule has 0 aliphatic carbocycles. The fourth-order valence-electron chi connectivity index (χ4n) is 3.88. The summed E-state index contributed by atoms with van der Waals surface area (Å²) in [6, 6.07) is 27.7. The topological polar surface area (TPSA) is 78.9 Å². The SMILES string of the molecule is COC(=O)c1ccc(-c2cc(-c3ccc(C(=O)OC)cc3)cc(-c3ccc(C(=O)OC)cc3)c2)cc1. The molecule has 0 atom stereocenters. The average Bonchev–Trinajstić information content (AvgIpc) is 2.95. The third-order valence-electron chi connectivity index (χ3n) is 5.85. The molecule has 0 saturated heterocycles. The number of hydrogen-bond acceptors (Lipinski definition) is 6. The first-order valence-corrected chi connectivity index (χ1v) is 11.1. The number of carbonyl (C=O) groups is 3. The molecule has 0 unspecified atom stereocenters. The van der Waals surface area contributed by atoms with Crippen molar-refractivity contribution in [2.75, 3.05) is 21.3 Å². The summed E-state index contributed by atoms with van der Waals surface area (Å²) in [5.74, 6) is -1.19. The molecule has 4 rings (SSSR count). The van der Waals surface area contributed by atoms with Crippen molar-refractivity contribution in [2.45, 2.75) is 0 Å². The van der Waals surface area contributed by atoms with Crippen molar-refractivity contribution in [3.63, 3.8) is 0 Å². The van der Waals surface area contributed by atoms with Gasteiger partial charge in [-0.25, -0.2) is 14.4 Å². The summed E-state index contributed by atoms with van der Waals surface area (Å²) in [6.45, 7) is 0. The molecule has 6 nitrogen and oxygen atoms in total. The molecule has 36 heavy (non-hydrogen) atoms. The maximum absolute atomic E-state index is 11.8. The number of ether oxygens (including phenoxy) is 3. The van der Waals surface area contributed by atoms with Crippen LogP contribution in [0.1, 0.15) is 31.1 Å². The van der Waals surface area contributed by atoms with Crippen molar-refractivity contribution in [3.8, 4) is 33.4 Å². The summed E-state index contributed by atoms with van der Waals surface area (Å²) in [5, 5.41) is 0. The van der Waals surface area contributed by atoms with Crippen molar-refractivity contribution in [2.24, 2.45) is 0 Å². The molecule has 0 amide bonds. The first-order valence-electron chi connectivity index (χ1n) is 11.1. The van der Waals surface area contributed by atoms with Gasteiger partial charge in [-0.15, -0.1) is 0 Å². The maximum atomic E-state index is 11.8. The van der Waals surface area contributed by atoms with Crippen molar-refractivity contribution >= 4 is 17.9 Å². The second-order valence-electron chi connectivity index (χ2n) is 8.01. The van der Waals surface area contributed by atoms with Crippen LogP contribution >= 0.6 is 0 Å². The number of rotatable bonds is 6. The van der Waals surface area contributed by atoms with Crippen molar-refractivity contribution < 1.29 is 28.6 Å². The van der Waals surface area contributed by atoms with Gasteiger partial charge in [-0.2, -0.15) is 0 Å². The van der Waals surface area contributed by atoms with Gasteiger partial charge in [0.25, 0.3) is 0 Å². The van der Waals surface area contributed by atoms with Gasteiger partial charge in [0.1, 0.15) is 0 Å². The third-order valence-corrected chi connectivity index (χ3v) is 5.85. The van der Waals surface area contributed by atoms with Gasteiger partial charge in [-0.1, -0.05) is 36.4 Å². The Balaban J connectivity index is 1.80. The van der Waals surface area contributed by atoms with Crippen LogP contribution in [0.4, 0.5) is 0 Å². The molecule has 0 aliphatic heterocycles. The van der Waals surface area contributed by atoms with Crippen LogP contribution in [0.5, 0.6) is 0 Å². The number of carbonyl (C=O) groups excluding carboxylic acids is 3. The van der Waals surface area contributed by atoms with Crippen LogP contribution < -0.4 is 0 Å². The maximum Gasteiger partial charge on any atom is 0.337 e.